The van der Waals surface area contributed by atoms with Crippen molar-refractivity contribution < 1.29 is 18.5 Å². The molecular weight excluding hydrogens is 328 g/mol. The van der Waals surface area contributed by atoms with Crippen LogP contribution in [0, 0.1) is 5.92 Å². The predicted octanol–water partition coefficient (Wildman–Crippen LogP) is 2.76. The first-order chi connectivity index (χ1) is 11.1. The lowest BCUT2D eigenvalue weighted by atomic mass is 10.0. The van der Waals surface area contributed by atoms with E-state index in [0.29, 0.717) is 11.3 Å². The van der Waals surface area contributed by atoms with Gasteiger partial charge in [-0.25, -0.2) is 9.00 Å². The minimum absolute atomic E-state index is 0.167. The molecule has 2 unspecified atom stereocenters. The summed E-state index contributed by atoms with van der Waals surface area (Å²) >= 11 is 0. The molecule has 0 saturated carbocycles. The van der Waals surface area contributed by atoms with Crippen molar-refractivity contribution in [1.29, 1.82) is 0 Å². The molecule has 0 heterocycles. The first kappa shape index (κ1) is 20.2. The van der Waals surface area contributed by atoms with Gasteiger partial charge in [0, 0.05) is 0 Å². The summed E-state index contributed by atoms with van der Waals surface area (Å²) in [5.74, 6) is -0.336. The number of ether oxygens (including phenoxy) is 1. The van der Waals surface area contributed by atoms with Crippen molar-refractivity contribution in [2.24, 2.45) is 5.92 Å². The predicted molar refractivity (Wildman–Crippen MR) is 93.6 cm³/mol. The molecule has 2 N–H and O–H groups in total. The molecule has 6 nitrogen and oxygen atoms in total. The first-order valence-corrected chi connectivity index (χ1v) is 9.00. The summed E-state index contributed by atoms with van der Waals surface area (Å²) in [5, 5.41) is 2.55. The molecule has 0 fully saturated rings. The third-order valence-corrected chi connectivity index (χ3v) is 3.95. The van der Waals surface area contributed by atoms with Crippen LogP contribution in [0.2, 0.25) is 0 Å². The quantitative estimate of drug-likeness (QED) is 0.823. The number of rotatable bonds is 6. The second-order valence-electron chi connectivity index (χ2n) is 6.88. The number of nitrogens with one attached hydrogen (secondary N) is 2. The number of hydrogen-bond donors (Lipinski definition) is 2. The van der Waals surface area contributed by atoms with E-state index >= 15 is 0 Å². The Morgan fingerprint density at radius 2 is 1.75 bits per heavy atom. The highest BCUT2D eigenvalue weighted by molar-refractivity contribution is 7.83. The molecule has 134 valence electrons. The largest absolute Gasteiger partial charge is 0.444 e. The highest BCUT2D eigenvalue weighted by Gasteiger charge is 2.26. The van der Waals surface area contributed by atoms with Crippen LogP contribution in [0.3, 0.4) is 0 Å². The lowest BCUT2D eigenvalue weighted by Gasteiger charge is -2.24. The number of hydrogen-bond acceptors (Lipinski definition) is 4. The molecule has 2 amide bonds. The van der Waals surface area contributed by atoms with Crippen molar-refractivity contribution >= 4 is 23.0 Å². The molecule has 24 heavy (non-hydrogen) atoms. The van der Waals surface area contributed by atoms with Gasteiger partial charge < -0.3 is 10.1 Å². The molecule has 0 saturated heterocycles. The number of carbonyl (C=O) groups excluding carboxylic acids is 2. The van der Waals surface area contributed by atoms with Crippen LogP contribution < -0.4 is 10.0 Å². The van der Waals surface area contributed by atoms with Gasteiger partial charge in [0.1, 0.15) is 11.6 Å². The second kappa shape index (κ2) is 8.82. The van der Waals surface area contributed by atoms with Crippen LogP contribution in [0.25, 0.3) is 0 Å². The molecule has 2 atom stereocenters. The summed E-state index contributed by atoms with van der Waals surface area (Å²) in [7, 11) is -1.67. The zero-order valence-electron chi connectivity index (χ0n) is 14.8. The maximum Gasteiger partial charge on any atom is 0.408 e. The summed E-state index contributed by atoms with van der Waals surface area (Å²) < 4.78 is 19.8. The topological polar surface area (TPSA) is 84.5 Å². The summed E-state index contributed by atoms with van der Waals surface area (Å²) in [6, 6.07) is 7.79. The zero-order chi connectivity index (χ0) is 18.3. The fraction of sp³-hybridized carbons (Fsp3) is 0.529. The van der Waals surface area contributed by atoms with Crippen molar-refractivity contribution in [3.63, 3.8) is 0 Å². The van der Waals surface area contributed by atoms with Crippen molar-refractivity contribution in [3.8, 4) is 0 Å². The monoisotopic (exact) mass is 354 g/mol. The average Bonchev–Trinajstić information content (AvgIpc) is 2.44. The van der Waals surface area contributed by atoms with Crippen molar-refractivity contribution in [2.75, 3.05) is 0 Å². The Labute approximate surface area is 145 Å². The fourth-order valence-corrected chi connectivity index (χ4v) is 2.77. The number of carbonyl (C=O) groups is 2. The maximum atomic E-state index is 12.4. The van der Waals surface area contributed by atoms with Crippen LogP contribution in [0.4, 0.5) is 4.79 Å². The Hall–Kier alpha value is -1.89. The average molecular weight is 354 g/mol. The van der Waals surface area contributed by atoms with Crippen LogP contribution in [-0.2, 0) is 20.5 Å². The van der Waals surface area contributed by atoms with Gasteiger partial charge in [-0.3, -0.25) is 9.52 Å². The molecule has 0 bridgehead atoms. The standard InChI is InChI=1S/C17H26N2O4S/c1-12(2)11-14(18-16(21)23-17(3,4)5)15(20)19-24(22)13-9-7-6-8-10-13/h6-10,12,14H,11H2,1-5H3,(H,18,21)(H,19,20). The van der Waals surface area contributed by atoms with Crippen LogP contribution in [-0.4, -0.2) is 27.9 Å². The molecule has 0 aliphatic carbocycles. The van der Waals surface area contributed by atoms with Gasteiger partial charge in [-0.15, -0.1) is 0 Å². The lowest BCUT2D eigenvalue weighted by Crippen LogP contribution is -2.49. The minimum atomic E-state index is -1.67. The Morgan fingerprint density at radius 3 is 2.25 bits per heavy atom. The highest BCUT2D eigenvalue weighted by Crippen LogP contribution is 2.10. The van der Waals surface area contributed by atoms with Crippen LogP contribution in [0.5, 0.6) is 0 Å². The molecule has 0 spiro atoms. The van der Waals surface area contributed by atoms with E-state index in [1.807, 2.05) is 13.8 Å². The molecular formula is C17H26N2O4S. The van der Waals surface area contributed by atoms with E-state index in [9.17, 15) is 13.8 Å². The maximum absolute atomic E-state index is 12.4. The van der Waals surface area contributed by atoms with E-state index in [-0.39, 0.29) is 5.92 Å². The van der Waals surface area contributed by atoms with Gasteiger partial charge in [0.2, 0.25) is 0 Å². The molecule has 1 aromatic rings. The van der Waals surface area contributed by atoms with Gasteiger partial charge in [-0.1, -0.05) is 32.0 Å². The van der Waals surface area contributed by atoms with E-state index in [4.69, 9.17) is 4.74 Å². The lowest BCUT2D eigenvalue weighted by molar-refractivity contribution is -0.121. The van der Waals surface area contributed by atoms with Gasteiger partial charge in [0.25, 0.3) is 5.91 Å². The number of alkyl carbamates (subject to hydrolysis) is 1. The third-order valence-electron chi connectivity index (χ3n) is 2.87. The fourth-order valence-electron chi connectivity index (χ4n) is 1.92. The Bertz CT molecular complexity index is 582. The van der Waals surface area contributed by atoms with E-state index in [0.717, 1.165) is 0 Å². The van der Waals surface area contributed by atoms with Gasteiger partial charge in [-0.05, 0) is 45.2 Å². The molecule has 0 aliphatic rings. The first-order valence-electron chi connectivity index (χ1n) is 7.85. The number of amides is 2. The molecule has 0 aliphatic heterocycles. The van der Waals surface area contributed by atoms with E-state index in [2.05, 4.69) is 10.0 Å². The van der Waals surface area contributed by atoms with Crippen LogP contribution >= 0.6 is 0 Å². The van der Waals surface area contributed by atoms with Crippen molar-refractivity contribution in [1.82, 2.24) is 10.0 Å². The SMILES string of the molecule is CC(C)CC(NC(=O)OC(C)(C)C)C(=O)NS(=O)c1ccccc1. The number of benzene rings is 1. The Kier molecular flexibility index (Phi) is 7.41. The normalized spacial score (nSPS) is 13.9. The Balaban J connectivity index is 2.74. The molecule has 1 aromatic carbocycles. The van der Waals surface area contributed by atoms with Crippen molar-refractivity contribution in [2.45, 2.75) is 57.6 Å². The van der Waals surface area contributed by atoms with Crippen LogP contribution in [0.15, 0.2) is 35.2 Å². The molecule has 1 rings (SSSR count). The molecule has 7 heteroatoms. The van der Waals surface area contributed by atoms with E-state index in [1.54, 1.807) is 51.1 Å². The molecule has 0 aromatic heterocycles. The zero-order valence-corrected chi connectivity index (χ0v) is 15.6. The van der Waals surface area contributed by atoms with Gasteiger partial charge in [0.05, 0.1) is 4.90 Å². The van der Waals surface area contributed by atoms with Gasteiger partial charge >= 0.3 is 6.09 Å². The molecule has 0 radical (unpaired) electrons. The smallest absolute Gasteiger partial charge is 0.408 e. The summed E-state index contributed by atoms with van der Waals surface area (Å²) in [6.07, 6.45) is -0.259. The Morgan fingerprint density at radius 1 is 1.17 bits per heavy atom. The van der Waals surface area contributed by atoms with Crippen LogP contribution in [0.1, 0.15) is 41.0 Å². The van der Waals surface area contributed by atoms with E-state index in [1.165, 1.54) is 0 Å². The van der Waals surface area contributed by atoms with Crippen molar-refractivity contribution in [3.05, 3.63) is 30.3 Å². The summed E-state index contributed by atoms with van der Waals surface area (Å²) in [4.78, 5) is 24.8. The summed E-state index contributed by atoms with van der Waals surface area (Å²) in [6.45, 7) is 9.11. The third kappa shape index (κ3) is 7.59. The van der Waals surface area contributed by atoms with E-state index < -0.39 is 34.6 Å². The highest BCUT2D eigenvalue weighted by atomic mass is 32.2. The second-order valence-corrected chi connectivity index (χ2v) is 8.09. The van der Waals surface area contributed by atoms with Gasteiger partial charge in [0.15, 0.2) is 11.0 Å². The summed E-state index contributed by atoms with van der Waals surface area (Å²) in [5.41, 5.74) is -0.657. The van der Waals surface area contributed by atoms with Gasteiger partial charge in [-0.2, -0.15) is 0 Å². The minimum Gasteiger partial charge on any atom is -0.444 e.